The van der Waals surface area contributed by atoms with Crippen LogP contribution >= 0.6 is 0 Å². The fourth-order valence-electron chi connectivity index (χ4n) is 2.69. The molecule has 18 heavy (non-hydrogen) atoms. The Labute approximate surface area is 108 Å². The first-order chi connectivity index (χ1) is 8.62. The Morgan fingerprint density at radius 3 is 2.28 bits per heavy atom. The lowest BCUT2D eigenvalue weighted by Gasteiger charge is -2.19. The summed E-state index contributed by atoms with van der Waals surface area (Å²) >= 11 is 0. The molecule has 0 saturated carbocycles. The Bertz CT molecular complexity index is 406. The lowest BCUT2D eigenvalue weighted by Crippen LogP contribution is -2.27. The second-order valence-corrected chi connectivity index (χ2v) is 4.67. The van der Waals surface area contributed by atoms with Gasteiger partial charge in [0.05, 0.1) is 5.69 Å². The molecule has 2 atom stereocenters. The normalized spacial score (nSPS) is 23.9. The zero-order valence-corrected chi connectivity index (χ0v) is 11.5. The van der Waals surface area contributed by atoms with Crippen molar-refractivity contribution in [3.05, 3.63) is 11.3 Å². The summed E-state index contributed by atoms with van der Waals surface area (Å²) in [6.45, 7) is 4.10. The molecule has 0 aliphatic carbocycles. The van der Waals surface area contributed by atoms with Crippen molar-refractivity contribution in [2.45, 2.75) is 25.7 Å². The first-order valence-electron chi connectivity index (χ1n) is 6.15. The van der Waals surface area contributed by atoms with Crippen LogP contribution in [0.15, 0.2) is 0 Å². The average Bonchev–Trinajstić information content (AvgIpc) is 2.88. The molecule has 1 fully saturated rings. The van der Waals surface area contributed by atoms with Gasteiger partial charge in [-0.3, -0.25) is 4.68 Å². The van der Waals surface area contributed by atoms with Crippen LogP contribution in [0, 0.1) is 6.92 Å². The monoisotopic (exact) mass is 254 g/mol. The number of ether oxygens (including phenoxy) is 2. The Hall–Kier alpha value is -1.11. The minimum absolute atomic E-state index is 0.0934. The van der Waals surface area contributed by atoms with E-state index in [1.165, 1.54) is 0 Å². The maximum atomic E-state index is 5.82. The smallest absolute Gasteiger partial charge is 0.131 e. The van der Waals surface area contributed by atoms with Crippen LogP contribution in [0.2, 0.25) is 0 Å². The zero-order valence-electron chi connectivity index (χ0n) is 11.5. The lowest BCUT2D eigenvalue weighted by molar-refractivity contribution is -0.00461. The molecular weight excluding hydrogens is 232 g/mol. The molecule has 2 unspecified atom stereocenters. The molecular formula is C12H22N4O2. The van der Waals surface area contributed by atoms with Crippen LogP contribution in [0.5, 0.6) is 0 Å². The Balaban J connectivity index is 2.28. The molecule has 1 saturated heterocycles. The first kappa shape index (κ1) is 13.3. The molecule has 6 heteroatoms. The van der Waals surface area contributed by atoms with Crippen LogP contribution in [0.1, 0.15) is 11.3 Å². The predicted molar refractivity (Wildman–Crippen MR) is 69.6 cm³/mol. The summed E-state index contributed by atoms with van der Waals surface area (Å²) in [5.41, 5.74) is 7.92. The summed E-state index contributed by atoms with van der Waals surface area (Å²) in [5.74, 6) is 1.08. The van der Waals surface area contributed by atoms with E-state index in [1.54, 1.807) is 14.2 Å². The first-order valence-corrected chi connectivity index (χ1v) is 6.15. The van der Waals surface area contributed by atoms with Gasteiger partial charge in [0.1, 0.15) is 18.0 Å². The summed E-state index contributed by atoms with van der Waals surface area (Å²) in [6.07, 6.45) is 0.187. The number of rotatable bonds is 4. The molecule has 0 bridgehead atoms. The van der Waals surface area contributed by atoms with Crippen molar-refractivity contribution in [2.75, 3.05) is 32.2 Å². The van der Waals surface area contributed by atoms with E-state index in [0.29, 0.717) is 6.54 Å². The van der Waals surface area contributed by atoms with E-state index in [4.69, 9.17) is 15.2 Å². The van der Waals surface area contributed by atoms with Gasteiger partial charge in [-0.15, -0.1) is 0 Å². The number of nitrogens with two attached hydrogens (primary N) is 1. The molecule has 6 nitrogen and oxygen atoms in total. The standard InChI is InChI=1S/C12H22N4O2/c1-8-9(5-13)12(15(2)14-8)16-6-10(17-3)11(7-16)18-4/h10-11H,5-7,13H2,1-4H3. The largest absolute Gasteiger partial charge is 0.377 e. The van der Waals surface area contributed by atoms with Gasteiger partial charge >= 0.3 is 0 Å². The van der Waals surface area contributed by atoms with Gasteiger partial charge in [-0.2, -0.15) is 5.10 Å². The third-order valence-electron chi connectivity index (χ3n) is 3.64. The van der Waals surface area contributed by atoms with Crippen molar-refractivity contribution in [1.82, 2.24) is 9.78 Å². The molecule has 0 spiro atoms. The van der Waals surface area contributed by atoms with Crippen LogP contribution < -0.4 is 10.6 Å². The van der Waals surface area contributed by atoms with Crippen LogP contribution in [0.25, 0.3) is 0 Å². The van der Waals surface area contributed by atoms with Crippen LogP contribution in [-0.4, -0.2) is 49.3 Å². The molecule has 2 heterocycles. The fraction of sp³-hybridized carbons (Fsp3) is 0.750. The van der Waals surface area contributed by atoms with Crippen LogP contribution in [-0.2, 0) is 23.1 Å². The topological polar surface area (TPSA) is 65.5 Å². The number of hydrogen-bond acceptors (Lipinski definition) is 5. The molecule has 1 aliphatic rings. The quantitative estimate of drug-likeness (QED) is 0.821. The van der Waals surface area contributed by atoms with Gasteiger partial charge in [0.15, 0.2) is 0 Å². The molecule has 1 aromatic rings. The number of methoxy groups -OCH3 is 2. The van der Waals surface area contributed by atoms with E-state index in [0.717, 1.165) is 30.2 Å². The number of nitrogens with zero attached hydrogens (tertiary/aromatic N) is 3. The summed E-state index contributed by atoms with van der Waals surface area (Å²) in [6, 6.07) is 0. The van der Waals surface area contributed by atoms with Crippen molar-refractivity contribution >= 4 is 5.82 Å². The van der Waals surface area contributed by atoms with E-state index in [2.05, 4.69) is 10.00 Å². The van der Waals surface area contributed by atoms with E-state index < -0.39 is 0 Å². The summed E-state index contributed by atoms with van der Waals surface area (Å²) in [7, 11) is 5.39. The van der Waals surface area contributed by atoms with Gasteiger partial charge < -0.3 is 20.1 Å². The highest BCUT2D eigenvalue weighted by Crippen LogP contribution is 2.28. The van der Waals surface area contributed by atoms with Crippen molar-refractivity contribution in [1.29, 1.82) is 0 Å². The Kier molecular flexibility index (Phi) is 3.89. The van der Waals surface area contributed by atoms with Crippen molar-refractivity contribution in [2.24, 2.45) is 12.8 Å². The molecule has 102 valence electrons. The van der Waals surface area contributed by atoms with Crippen molar-refractivity contribution < 1.29 is 9.47 Å². The SMILES string of the molecule is COC1CN(c2c(CN)c(C)nn2C)CC1OC. The maximum Gasteiger partial charge on any atom is 0.131 e. The molecule has 2 N–H and O–H groups in total. The van der Waals surface area contributed by atoms with Gasteiger partial charge in [0.2, 0.25) is 0 Å². The third kappa shape index (κ3) is 2.11. The molecule has 0 radical (unpaired) electrons. The average molecular weight is 254 g/mol. The van der Waals surface area contributed by atoms with Crippen LogP contribution in [0.3, 0.4) is 0 Å². The van der Waals surface area contributed by atoms with Gasteiger partial charge in [-0.1, -0.05) is 0 Å². The van der Waals surface area contributed by atoms with Crippen molar-refractivity contribution in [3.8, 4) is 0 Å². The number of aromatic nitrogens is 2. The minimum Gasteiger partial charge on any atom is -0.377 e. The van der Waals surface area contributed by atoms with E-state index in [9.17, 15) is 0 Å². The van der Waals surface area contributed by atoms with Crippen LogP contribution in [0.4, 0.5) is 5.82 Å². The number of hydrogen-bond donors (Lipinski definition) is 1. The van der Waals surface area contributed by atoms with Gasteiger partial charge in [0, 0.05) is 46.5 Å². The molecule has 0 amide bonds. The van der Waals surface area contributed by atoms with Gasteiger partial charge in [-0.25, -0.2) is 0 Å². The second kappa shape index (κ2) is 5.26. The Morgan fingerprint density at radius 2 is 1.83 bits per heavy atom. The molecule has 0 aromatic carbocycles. The summed E-state index contributed by atoms with van der Waals surface area (Å²) in [5, 5.41) is 4.44. The third-order valence-corrected chi connectivity index (χ3v) is 3.64. The maximum absolute atomic E-state index is 5.82. The lowest BCUT2D eigenvalue weighted by atomic mass is 10.2. The van der Waals surface area contributed by atoms with Gasteiger partial charge in [0.25, 0.3) is 0 Å². The predicted octanol–water partition coefficient (Wildman–Crippen LogP) is 0.0372. The highest BCUT2D eigenvalue weighted by atomic mass is 16.5. The molecule has 1 aromatic heterocycles. The Morgan fingerprint density at radius 1 is 1.28 bits per heavy atom. The number of aryl methyl sites for hydroxylation is 2. The summed E-state index contributed by atoms with van der Waals surface area (Å²) in [4.78, 5) is 2.24. The van der Waals surface area contributed by atoms with E-state index >= 15 is 0 Å². The van der Waals surface area contributed by atoms with Crippen molar-refractivity contribution in [3.63, 3.8) is 0 Å². The second-order valence-electron chi connectivity index (χ2n) is 4.67. The number of anilines is 1. The highest BCUT2D eigenvalue weighted by molar-refractivity contribution is 5.51. The zero-order chi connectivity index (χ0) is 13.3. The molecule has 2 rings (SSSR count). The van der Waals surface area contributed by atoms with E-state index in [-0.39, 0.29) is 12.2 Å². The molecule has 1 aliphatic heterocycles. The van der Waals surface area contributed by atoms with Gasteiger partial charge in [-0.05, 0) is 6.92 Å². The van der Waals surface area contributed by atoms with E-state index in [1.807, 2.05) is 18.7 Å². The minimum atomic E-state index is 0.0934. The highest BCUT2D eigenvalue weighted by Gasteiger charge is 2.35. The fourth-order valence-corrected chi connectivity index (χ4v) is 2.69. The summed E-state index contributed by atoms with van der Waals surface area (Å²) < 4.78 is 12.8.